The number of benzene rings is 2. The summed E-state index contributed by atoms with van der Waals surface area (Å²) in [4.78, 5) is 29.9. The predicted molar refractivity (Wildman–Crippen MR) is 110 cm³/mol. The molecule has 0 saturated heterocycles. The van der Waals surface area contributed by atoms with Gasteiger partial charge in [0.15, 0.2) is 5.16 Å². The fourth-order valence-corrected chi connectivity index (χ4v) is 3.88. The Bertz CT molecular complexity index is 1050. The van der Waals surface area contributed by atoms with Gasteiger partial charge in [-0.2, -0.15) is 0 Å². The minimum atomic E-state index is -0.450. The molecule has 5 nitrogen and oxygen atoms in total. The number of para-hydroxylation sites is 1. The van der Waals surface area contributed by atoms with Gasteiger partial charge >= 0.3 is 0 Å². The van der Waals surface area contributed by atoms with Crippen molar-refractivity contribution in [1.82, 2.24) is 14.9 Å². The standard InChI is InChI=1S/C21H22FN3O2S/c1-4-25-20(27)17-7-5-6-8-18(17)24-21(25)28-14(3)19(26)23-13(2)15-9-11-16(22)12-10-15/h5-14H,4H2,1-3H3,(H,23,26)/t13-,14-/m1/s1. The molecule has 1 amide bonds. The van der Waals surface area contributed by atoms with Gasteiger partial charge in [-0.25, -0.2) is 9.37 Å². The van der Waals surface area contributed by atoms with Crippen LogP contribution in [0.5, 0.6) is 0 Å². The Morgan fingerprint density at radius 1 is 1.18 bits per heavy atom. The maximum absolute atomic E-state index is 13.1. The van der Waals surface area contributed by atoms with Gasteiger partial charge in [-0.15, -0.1) is 0 Å². The molecule has 28 heavy (non-hydrogen) atoms. The number of halogens is 1. The molecule has 1 heterocycles. The maximum Gasteiger partial charge on any atom is 0.262 e. The number of thioether (sulfide) groups is 1. The van der Waals surface area contributed by atoms with E-state index in [1.807, 2.05) is 26.0 Å². The molecule has 2 atom stereocenters. The predicted octanol–water partition coefficient (Wildman–Crippen LogP) is 3.91. The van der Waals surface area contributed by atoms with Gasteiger partial charge in [-0.1, -0.05) is 36.0 Å². The number of aromatic nitrogens is 2. The minimum absolute atomic E-state index is 0.108. The normalized spacial score (nSPS) is 13.3. The zero-order valence-corrected chi connectivity index (χ0v) is 16.8. The Kier molecular flexibility index (Phi) is 6.14. The molecule has 146 valence electrons. The largest absolute Gasteiger partial charge is 0.349 e. The number of hydrogen-bond acceptors (Lipinski definition) is 4. The summed E-state index contributed by atoms with van der Waals surface area (Å²) in [5.74, 6) is -0.488. The van der Waals surface area contributed by atoms with E-state index in [1.165, 1.54) is 23.9 Å². The highest BCUT2D eigenvalue weighted by atomic mass is 32.2. The molecule has 0 aliphatic carbocycles. The number of nitrogens with zero attached hydrogens (tertiary/aromatic N) is 2. The van der Waals surface area contributed by atoms with Gasteiger partial charge < -0.3 is 5.32 Å². The summed E-state index contributed by atoms with van der Waals surface area (Å²) in [6, 6.07) is 13.0. The van der Waals surface area contributed by atoms with E-state index >= 15 is 0 Å². The summed E-state index contributed by atoms with van der Waals surface area (Å²) >= 11 is 1.25. The molecule has 3 rings (SSSR count). The third-order valence-electron chi connectivity index (χ3n) is 4.52. The summed E-state index contributed by atoms with van der Waals surface area (Å²) in [6.45, 7) is 5.97. The Balaban J connectivity index is 1.78. The average Bonchev–Trinajstić information content (AvgIpc) is 2.68. The van der Waals surface area contributed by atoms with Crippen LogP contribution in [0.4, 0.5) is 4.39 Å². The van der Waals surface area contributed by atoms with E-state index in [0.717, 1.165) is 5.56 Å². The second-order valence-corrected chi connectivity index (χ2v) is 7.81. The zero-order chi connectivity index (χ0) is 20.3. The van der Waals surface area contributed by atoms with Gasteiger partial charge in [0.1, 0.15) is 5.82 Å². The molecule has 0 spiro atoms. The van der Waals surface area contributed by atoms with Crippen molar-refractivity contribution in [3.63, 3.8) is 0 Å². The molecule has 0 aliphatic heterocycles. The van der Waals surface area contributed by atoms with Crippen molar-refractivity contribution in [2.24, 2.45) is 0 Å². The van der Waals surface area contributed by atoms with Crippen LogP contribution in [0.3, 0.4) is 0 Å². The lowest BCUT2D eigenvalue weighted by Gasteiger charge is -2.19. The first kappa shape index (κ1) is 20.1. The van der Waals surface area contributed by atoms with Crippen molar-refractivity contribution < 1.29 is 9.18 Å². The van der Waals surface area contributed by atoms with Crippen LogP contribution in [0.1, 0.15) is 32.4 Å². The van der Waals surface area contributed by atoms with Gasteiger partial charge in [0.05, 0.1) is 22.2 Å². The monoisotopic (exact) mass is 399 g/mol. The number of rotatable bonds is 6. The van der Waals surface area contributed by atoms with Crippen molar-refractivity contribution in [1.29, 1.82) is 0 Å². The number of nitrogens with one attached hydrogen (secondary N) is 1. The Labute approximate surface area is 167 Å². The molecule has 0 bridgehead atoms. The molecule has 2 aromatic carbocycles. The number of amides is 1. The lowest BCUT2D eigenvalue weighted by molar-refractivity contribution is -0.120. The smallest absolute Gasteiger partial charge is 0.262 e. The number of fused-ring (bicyclic) bond motifs is 1. The van der Waals surface area contributed by atoms with Crippen LogP contribution < -0.4 is 10.9 Å². The number of hydrogen-bond donors (Lipinski definition) is 1. The van der Waals surface area contributed by atoms with Crippen molar-refractivity contribution >= 4 is 28.6 Å². The van der Waals surface area contributed by atoms with Crippen molar-refractivity contribution in [2.45, 2.75) is 43.8 Å². The van der Waals surface area contributed by atoms with Gasteiger partial charge in [-0.3, -0.25) is 14.2 Å². The van der Waals surface area contributed by atoms with E-state index in [9.17, 15) is 14.0 Å². The van der Waals surface area contributed by atoms with Gasteiger partial charge in [-0.05, 0) is 50.6 Å². The van der Waals surface area contributed by atoms with Crippen molar-refractivity contribution in [3.05, 3.63) is 70.3 Å². The Morgan fingerprint density at radius 3 is 2.54 bits per heavy atom. The molecule has 7 heteroatoms. The molecule has 1 N–H and O–H groups in total. The Morgan fingerprint density at radius 2 is 1.86 bits per heavy atom. The molecule has 0 aliphatic rings. The summed E-state index contributed by atoms with van der Waals surface area (Å²) < 4.78 is 14.7. The summed E-state index contributed by atoms with van der Waals surface area (Å²) in [6.07, 6.45) is 0. The highest BCUT2D eigenvalue weighted by Crippen LogP contribution is 2.23. The summed E-state index contributed by atoms with van der Waals surface area (Å²) in [5.41, 5.74) is 1.33. The first-order valence-electron chi connectivity index (χ1n) is 9.12. The molecule has 0 saturated carbocycles. The first-order chi connectivity index (χ1) is 13.4. The van der Waals surface area contributed by atoms with E-state index in [1.54, 1.807) is 35.8 Å². The average molecular weight is 399 g/mol. The topological polar surface area (TPSA) is 64.0 Å². The molecular weight excluding hydrogens is 377 g/mol. The van der Waals surface area contributed by atoms with Gasteiger partial charge in [0, 0.05) is 6.54 Å². The van der Waals surface area contributed by atoms with E-state index in [4.69, 9.17) is 0 Å². The number of carbonyl (C=O) groups is 1. The molecule has 0 fully saturated rings. The van der Waals surface area contributed by atoms with E-state index in [2.05, 4.69) is 10.3 Å². The second-order valence-electron chi connectivity index (χ2n) is 6.50. The van der Waals surface area contributed by atoms with Crippen LogP contribution in [-0.2, 0) is 11.3 Å². The van der Waals surface area contributed by atoms with Crippen LogP contribution in [-0.4, -0.2) is 20.7 Å². The quantitative estimate of drug-likeness (QED) is 0.504. The lowest BCUT2D eigenvalue weighted by atomic mass is 10.1. The molecule has 3 aromatic rings. The number of carbonyl (C=O) groups excluding carboxylic acids is 1. The fraction of sp³-hybridized carbons (Fsp3) is 0.286. The molecule has 1 aromatic heterocycles. The summed E-state index contributed by atoms with van der Waals surface area (Å²) in [5, 5.41) is 3.56. The van der Waals surface area contributed by atoms with E-state index in [0.29, 0.717) is 22.6 Å². The van der Waals surface area contributed by atoms with Crippen LogP contribution in [0.2, 0.25) is 0 Å². The summed E-state index contributed by atoms with van der Waals surface area (Å²) in [7, 11) is 0. The Hall–Kier alpha value is -2.67. The molecule has 0 unspecified atom stereocenters. The second kappa shape index (κ2) is 8.56. The third-order valence-corrected chi connectivity index (χ3v) is 5.61. The molecular formula is C21H22FN3O2S. The van der Waals surface area contributed by atoms with Crippen molar-refractivity contribution in [2.75, 3.05) is 0 Å². The van der Waals surface area contributed by atoms with Crippen LogP contribution in [0, 0.1) is 5.82 Å². The lowest BCUT2D eigenvalue weighted by Crippen LogP contribution is -2.33. The minimum Gasteiger partial charge on any atom is -0.349 e. The third kappa shape index (κ3) is 4.25. The van der Waals surface area contributed by atoms with Crippen LogP contribution in [0.15, 0.2) is 58.5 Å². The van der Waals surface area contributed by atoms with E-state index in [-0.39, 0.29) is 23.3 Å². The fourth-order valence-electron chi connectivity index (χ4n) is 2.89. The zero-order valence-electron chi connectivity index (χ0n) is 16.0. The molecule has 0 radical (unpaired) electrons. The van der Waals surface area contributed by atoms with Gasteiger partial charge in [0.25, 0.3) is 5.56 Å². The van der Waals surface area contributed by atoms with Crippen LogP contribution >= 0.6 is 11.8 Å². The maximum atomic E-state index is 13.1. The SMILES string of the molecule is CCn1c(S[C@H](C)C(=O)N[C@H](C)c2ccc(F)cc2)nc2ccccc2c1=O. The van der Waals surface area contributed by atoms with Gasteiger partial charge in [0.2, 0.25) is 5.91 Å². The van der Waals surface area contributed by atoms with Crippen molar-refractivity contribution in [3.8, 4) is 0 Å². The van der Waals surface area contributed by atoms with Crippen LogP contribution in [0.25, 0.3) is 10.9 Å². The first-order valence-corrected chi connectivity index (χ1v) is 10.0. The highest BCUT2D eigenvalue weighted by Gasteiger charge is 2.20. The van der Waals surface area contributed by atoms with E-state index < -0.39 is 5.25 Å². The highest BCUT2D eigenvalue weighted by molar-refractivity contribution is 8.00.